The molecule has 1 aliphatic carbocycles. The number of nitrogens with one attached hydrogen (secondary N) is 1. The molecular formula is C8H17NO2S2. The van der Waals surface area contributed by atoms with Crippen LogP contribution in [-0.4, -0.2) is 32.2 Å². The summed E-state index contributed by atoms with van der Waals surface area (Å²) in [4.78, 5) is 0. The van der Waals surface area contributed by atoms with Gasteiger partial charge in [-0.3, -0.25) is 0 Å². The molecular weight excluding hydrogens is 206 g/mol. The molecule has 0 heterocycles. The number of hydrogen-bond donors (Lipinski definition) is 1. The van der Waals surface area contributed by atoms with Gasteiger partial charge in [0.2, 0.25) is 10.0 Å². The molecule has 0 bridgehead atoms. The van der Waals surface area contributed by atoms with E-state index in [0.717, 1.165) is 12.8 Å². The Morgan fingerprint density at radius 3 is 2.31 bits per heavy atom. The Morgan fingerprint density at radius 2 is 1.92 bits per heavy atom. The molecule has 0 saturated heterocycles. The summed E-state index contributed by atoms with van der Waals surface area (Å²) in [6.45, 7) is 0.590. The number of sulfonamides is 1. The zero-order valence-electron chi connectivity index (χ0n) is 8.17. The maximum Gasteiger partial charge on any atom is 0.208 e. The largest absolute Gasteiger partial charge is 0.214 e. The van der Waals surface area contributed by atoms with E-state index in [1.54, 1.807) is 11.8 Å². The van der Waals surface area contributed by atoms with E-state index in [-0.39, 0.29) is 4.75 Å². The van der Waals surface area contributed by atoms with Crippen molar-refractivity contribution < 1.29 is 8.42 Å². The third-order valence-electron chi connectivity index (χ3n) is 2.60. The van der Waals surface area contributed by atoms with E-state index in [2.05, 4.69) is 11.0 Å². The zero-order valence-corrected chi connectivity index (χ0v) is 9.80. The van der Waals surface area contributed by atoms with Crippen LogP contribution in [0, 0.1) is 0 Å². The van der Waals surface area contributed by atoms with Crippen LogP contribution in [0.15, 0.2) is 0 Å². The molecule has 13 heavy (non-hydrogen) atoms. The average Bonchev–Trinajstić information content (AvgIpc) is 2.49. The van der Waals surface area contributed by atoms with Crippen LogP contribution >= 0.6 is 11.8 Å². The van der Waals surface area contributed by atoms with E-state index in [9.17, 15) is 8.42 Å². The third kappa shape index (κ3) is 3.48. The van der Waals surface area contributed by atoms with Crippen molar-refractivity contribution in [3.8, 4) is 0 Å². The highest BCUT2D eigenvalue weighted by molar-refractivity contribution is 8.00. The van der Waals surface area contributed by atoms with Crippen molar-refractivity contribution in [1.82, 2.24) is 4.72 Å². The summed E-state index contributed by atoms with van der Waals surface area (Å²) in [6.07, 6.45) is 8.01. The van der Waals surface area contributed by atoms with Crippen molar-refractivity contribution in [3.63, 3.8) is 0 Å². The Bertz CT molecular complexity index is 255. The fourth-order valence-corrected chi connectivity index (χ4v) is 3.28. The van der Waals surface area contributed by atoms with Crippen LogP contribution in [0.5, 0.6) is 0 Å². The molecule has 1 saturated carbocycles. The van der Waals surface area contributed by atoms with Crippen LogP contribution in [0.3, 0.4) is 0 Å². The summed E-state index contributed by atoms with van der Waals surface area (Å²) in [5.41, 5.74) is 0. The van der Waals surface area contributed by atoms with E-state index in [0.29, 0.717) is 6.54 Å². The molecule has 0 atom stereocenters. The van der Waals surface area contributed by atoms with Crippen molar-refractivity contribution in [2.75, 3.05) is 19.1 Å². The van der Waals surface area contributed by atoms with Gasteiger partial charge in [0.25, 0.3) is 0 Å². The van der Waals surface area contributed by atoms with E-state index in [4.69, 9.17) is 0 Å². The van der Waals surface area contributed by atoms with Crippen molar-refractivity contribution in [2.24, 2.45) is 0 Å². The van der Waals surface area contributed by atoms with E-state index < -0.39 is 10.0 Å². The topological polar surface area (TPSA) is 46.2 Å². The first-order valence-electron chi connectivity index (χ1n) is 4.47. The fourth-order valence-electron chi connectivity index (χ4n) is 1.74. The molecule has 0 amide bonds. The van der Waals surface area contributed by atoms with Crippen LogP contribution in [0.1, 0.15) is 25.7 Å². The second kappa shape index (κ2) is 4.19. The maximum atomic E-state index is 10.9. The molecule has 0 aromatic rings. The first-order chi connectivity index (χ1) is 5.97. The lowest BCUT2D eigenvalue weighted by molar-refractivity contribution is 0.555. The van der Waals surface area contributed by atoms with E-state index in [1.807, 2.05) is 0 Å². The van der Waals surface area contributed by atoms with Crippen LogP contribution in [0.25, 0.3) is 0 Å². The van der Waals surface area contributed by atoms with Crippen LogP contribution in [0.4, 0.5) is 0 Å². The molecule has 0 aromatic heterocycles. The summed E-state index contributed by atoms with van der Waals surface area (Å²) in [5, 5.41) is 0. The standard InChI is InChI=1S/C8H17NO2S2/c1-12-8(5-3-4-6-8)7-9-13(2,10)11/h9H,3-7H2,1-2H3. The SMILES string of the molecule is CSC1(CNS(C)(=O)=O)CCCC1. The molecule has 5 heteroatoms. The highest BCUT2D eigenvalue weighted by Crippen LogP contribution is 2.39. The van der Waals surface area contributed by atoms with Crippen molar-refractivity contribution in [2.45, 2.75) is 30.4 Å². The molecule has 1 fully saturated rings. The second-order valence-corrected chi connectivity index (χ2v) is 6.79. The monoisotopic (exact) mass is 223 g/mol. The molecule has 0 radical (unpaired) electrons. The van der Waals surface area contributed by atoms with Gasteiger partial charge >= 0.3 is 0 Å². The molecule has 0 aliphatic heterocycles. The van der Waals surface area contributed by atoms with Gasteiger partial charge in [-0.2, -0.15) is 11.8 Å². The quantitative estimate of drug-likeness (QED) is 0.779. The molecule has 1 rings (SSSR count). The second-order valence-electron chi connectivity index (χ2n) is 3.69. The minimum absolute atomic E-state index is 0.170. The Hall–Kier alpha value is 0.260. The summed E-state index contributed by atoms with van der Waals surface area (Å²) >= 11 is 1.79. The van der Waals surface area contributed by atoms with Gasteiger partial charge in [0.15, 0.2) is 0 Å². The Balaban J connectivity index is 2.50. The molecule has 78 valence electrons. The lowest BCUT2D eigenvalue weighted by Gasteiger charge is -2.26. The Labute approximate surface area is 84.7 Å². The van der Waals surface area contributed by atoms with Crippen molar-refractivity contribution in [1.29, 1.82) is 0 Å². The normalized spacial score (nSPS) is 22.0. The molecule has 3 nitrogen and oxygen atoms in total. The molecule has 0 unspecified atom stereocenters. The highest BCUT2D eigenvalue weighted by atomic mass is 32.2. The average molecular weight is 223 g/mol. The van der Waals surface area contributed by atoms with Crippen molar-refractivity contribution >= 4 is 21.8 Å². The van der Waals surface area contributed by atoms with Gasteiger partial charge in [-0.1, -0.05) is 12.8 Å². The van der Waals surface area contributed by atoms with Crippen LogP contribution in [-0.2, 0) is 10.0 Å². The number of hydrogen-bond acceptors (Lipinski definition) is 3. The van der Waals surface area contributed by atoms with Crippen molar-refractivity contribution in [3.05, 3.63) is 0 Å². The van der Waals surface area contributed by atoms with Gasteiger partial charge < -0.3 is 0 Å². The minimum Gasteiger partial charge on any atom is -0.214 e. The predicted octanol–water partition coefficient (Wildman–Crippen LogP) is 1.21. The van der Waals surface area contributed by atoms with Crippen LogP contribution < -0.4 is 4.72 Å². The first-order valence-corrected chi connectivity index (χ1v) is 7.59. The fraction of sp³-hybridized carbons (Fsp3) is 1.00. The smallest absolute Gasteiger partial charge is 0.208 e. The lowest BCUT2D eigenvalue weighted by atomic mass is 10.1. The first kappa shape index (κ1) is 11.3. The van der Waals surface area contributed by atoms with Crippen LogP contribution in [0.2, 0.25) is 0 Å². The summed E-state index contributed by atoms with van der Waals surface area (Å²) < 4.78 is 24.6. The highest BCUT2D eigenvalue weighted by Gasteiger charge is 2.33. The summed E-state index contributed by atoms with van der Waals surface area (Å²) in [7, 11) is -3.02. The van der Waals surface area contributed by atoms with Gasteiger partial charge in [0.1, 0.15) is 0 Å². The van der Waals surface area contributed by atoms with Gasteiger partial charge in [0, 0.05) is 11.3 Å². The molecule has 1 N–H and O–H groups in total. The van der Waals surface area contributed by atoms with Gasteiger partial charge in [-0.15, -0.1) is 0 Å². The summed E-state index contributed by atoms with van der Waals surface area (Å²) in [5.74, 6) is 0. The van der Waals surface area contributed by atoms with Gasteiger partial charge in [0.05, 0.1) is 6.26 Å². The number of thioether (sulfide) groups is 1. The zero-order chi connectivity index (χ0) is 9.95. The third-order valence-corrected chi connectivity index (χ3v) is 4.69. The Morgan fingerprint density at radius 1 is 1.38 bits per heavy atom. The maximum absolute atomic E-state index is 10.9. The van der Waals surface area contributed by atoms with Gasteiger partial charge in [-0.05, 0) is 19.1 Å². The Kier molecular flexibility index (Phi) is 3.65. The van der Waals surface area contributed by atoms with E-state index >= 15 is 0 Å². The number of rotatable bonds is 4. The van der Waals surface area contributed by atoms with Gasteiger partial charge in [-0.25, -0.2) is 13.1 Å². The van der Waals surface area contributed by atoms with E-state index in [1.165, 1.54) is 19.1 Å². The summed E-state index contributed by atoms with van der Waals surface area (Å²) in [6, 6.07) is 0. The molecule has 1 aliphatic rings. The molecule has 0 spiro atoms. The predicted molar refractivity (Wildman–Crippen MR) is 57.6 cm³/mol. The lowest BCUT2D eigenvalue weighted by Crippen LogP contribution is -2.37. The molecule has 0 aromatic carbocycles. The minimum atomic E-state index is -3.02.